The smallest absolute Gasteiger partial charge is 0.326 e. The fraction of sp³-hybridized carbons (Fsp3) is 0.409. The molecule has 0 fully saturated rings. The van der Waals surface area contributed by atoms with Crippen molar-refractivity contribution in [2.75, 3.05) is 13.1 Å². The van der Waals surface area contributed by atoms with Crippen molar-refractivity contribution in [3.63, 3.8) is 0 Å². The number of guanidine groups is 1. The largest absolute Gasteiger partial charge is 0.481 e. The number of aliphatic imine (C=N–C) groups is 1. The van der Waals surface area contributed by atoms with E-state index in [0.717, 1.165) is 0 Å². The summed E-state index contributed by atoms with van der Waals surface area (Å²) in [6, 6.07) is 4.07. The van der Waals surface area contributed by atoms with Crippen molar-refractivity contribution < 1.29 is 39.0 Å². The van der Waals surface area contributed by atoms with Crippen molar-refractivity contribution in [1.82, 2.24) is 16.0 Å². The zero-order valence-electron chi connectivity index (χ0n) is 19.8. The van der Waals surface area contributed by atoms with Crippen LogP contribution in [0.5, 0.6) is 0 Å². The van der Waals surface area contributed by atoms with E-state index in [1.165, 1.54) is 0 Å². The van der Waals surface area contributed by atoms with Crippen LogP contribution in [-0.4, -0.2) is 83.3 Å². The maximum absolute atomic E-state index is 12.6. The highest BCUT2D eigenvalue weighted by molar-refractivity contribution is 5.94. The van der Waals surface area contributed by atoms with Gasteiger partial charge in [0.25, 0.3) is 0 Å². The molecule has 0 bridgehead atoms. The Balaban J connectivity index is 2.74. The fourth-order valence-corrected chi connectivity index (χ4v) is 3.11. The number of carbonyl (C=O) groups excluding carboxylic acids is 4. The van der Waals surface area contributed by atoms with Crippen LogP contribution in [0.25, 0.3) is 0 Å². The molecule has 1 aromatic rings. The third-order valence-corrected chi connectivity index (χ3v) is 5.05. The second-order valence-electron chi connectivity index (χ2n) is 7.95. The van der Waals surface area contributed by atoms with Crippen LogP contribution in [0.4, 0.5) is 0 Å². The highest BCUT2D eigenvalue weighted by Crippen LogP contribution is 2.06. The molecular formula is C22H31N7O8. The number of nitrogens with one attached hydrogen (secondary N) is 3. The first-order chi connectivity index (χ1) is 17.4. The van der Waals surface area contributed by atoms with E-state index in [9.17, 15) is 33.9 Å². The van der Waals surface area contributed by atoms with Crippen molar-refractivity contribution in [3.05, 3.63) is 35.9 Å². The number of nitrogens with zero attached hydrogens (tertiary/aromatic N) is 1. The number of benzene rings is 1. The molecule has 3 amide bonds. The summed E-state index contributed by atoms with van der Waals surface area (Å²) < 4.78 is 0. The zero-order valence-corrected chi connectivity index (χ0v) is 19.8. The van der Waals surface area contributed by atoms with Crippen LogP contribution in [-0.2, 0) is 35.2 Å². The van der Waals surface area contributed by atoms with Gasteiger partial charge in [0.2, 0.25) is 17.7 Å². The van der Waals surface area contributed by atoms with Gasteiger partial charge in [-0.2, -0.15) is 0 Å². The molecule has 0 spiro atoms. The van der Waals surface area contributed by atoms with Crippen LogP contribution in [0, 0.1) is 5.92 Å². The Morgan fingerprint density at radius 1 is 0.973 bits per heavy atom. The Kier molecular flexibility index (Phi) is 12.7. The van der Waals surface area contributed by atoms with E-state index in [-0.39, 0.29) is 25.3 Å². The Bertz CT molecular complexity index is 998. The van der Waals surface area contributed by atoms with E-state index in [1.807, 2.05) is 0 Å². The first-order valence-corrected chi connectivity index (χ1v) is 11.1. The minimum Gasteiger partial charge on any atom is -0.481 e. The molecule has 0 aromatic heterocycles. The van der Waals surface area contributed by atoms with E-state index in [2.05, 4.69) is 20.9 Å². The quantitative estimate of drug-likeness (QED) is 0.0605. The number of nitrogens with two attached hydrogens (primary N) is 3. The number of carboxylic acid groups (broad SMARTS) is 2. The summed E-state index contributed by atoms with van der Waals surface area (Å²) in [6.07, 6.45) is -0.406. The highest BCUT2D eigenvalue weighted by Gasteiger charge is 2.29. The molecule has 202 valence electrons. The summed E-state index contributed by atoms with van der Waals surface area (Å²) in [7, 11) is 0. The lowest BCUT2D eigenvalue weighted by molar-refractivity contribution is -0.143. The maximum atomic E-state index is 12.6. The number of amides is 3. The highest BCUT2D eigenvalue weighted by atomic mass is 16.4. The van der Waals surface area contributed by atoms with Gasteiger partial charge in [0.05, 0.1) is 19.0 Å². The van der Waals surface area contributed by atoms with E-state index in [0.29, 0.717) is 11.8 Å². The average molecular weight is 522 g/mol. The lowest BCUT2D eigenvalue weighted by atomic mass is 9.98. The number of rotatable bonds is 16. The molecule has 0 heterocycles. The van der Waals surface area contributed by atoms with E-state index < -0.39 is 66.7 Å². The number of hydrogen-bond acceptors (Lipinski definition) is 8. The monoisotopic (exact) mass is 521 g/mol. The van der Waals surface area contributed by atoms with Crippen molar-refractivity contribution in [2.24, 2.45) is 28.1 Å². The summed E-state index contributed by atoms with van der Waals surface area (Å²) in [5.74, 6) is -6.78. The first kappa shape index (κ1) is 30.5. The van der Waals surface area contributed by atoms with E-state index >= 15 is 0 Å². The lowest BCUT2D eigenvalue weighted by Gasteiger charge is -2.21. The molecule has 0 saturated carbocycles. The Labute approximate surface area is 211 Å². The molecule has 0 saturated heterocycles. The number of hydrogen-bond donors (Lipinski definition) is 8. The van der Waals surface area contributed by atoms with Crippen molar-refractivity contribution >= 4 is 41.9 Å². The van der Waals surface area contributed by atoms with Gasteiger partial charge in [-0.15, -0.1) is 0 Å². The Hall–Kier alpha value is -4.53. The van der Waals surface area contributed by atoms with Gasteiger partial charge >= 0.3 is 11.9 Å². The molecule has 37 heavy (non-hydrogen) atoms. The number of carboxylic acids is 2. The minimum atomic E-state index is -1.63. The van der Waals surface area contributed by atoms with E-state index in [4.69, 9.17) is 22.3 Å². The molecule has 0 aliphatic rings. The van der Waals surface area contributed by atoms with Crippen molar-refractivity contribution in [1.29, 1.82) is 0 Å². The third kappa shape index (κ3) is 11.6. The van der Waals surface area contributed by atoms with Crippen LogP contribution in [0.1, 0.15) is 18.4 Å². The van der Waals surface area contributed by atoms with Crippen LogP contribution >= 0.6 is 0 Å². The molecule has 1 rings (SSSR count). The molecular weight excluding hydrogens is 490 g/mol. The van der Waals surface area contributed by atoms with Gasteiger partial charge in [-0.25, -0.2) is 4.79 Å². The number of carbonyl (C=O) groups is 6. The summed E-state index contributed by atoms with van der Waals surface area (Å²) >= 11 is 0. The van der Waals surface area contributed by atoms with Crippen LogP contribution in [0.2, 0.25) is 0 Å². The summed E-state index contributed by atoms with van der Waals surface area (Å²) in [5.41, 5.74) is 16.8. The molecule has 0 aliphatic carbocycles. The number of aldehydes is 1. The van der Waals surface area contributed by atoms with E-state index in [1.54, 1.807) is 30.3 Å². The molecule has 11 N–H and O–H groups in total. The van der Waals surface area contributed by atoms with Gasteiger partial charge < -0.3 is 48.2 Å². The maximum Gasteiger partial charge on any atom is 0.326 e. The topological polar surface area (TPSA) is 269 Å². The SMILES string of the molecule is NC(N)=NCCC(C=O)[C@H](N)C(=O)NCC(=O)N[C@@H](CC(=O)O)C(=O)N[C@@H](Cc1ccccc1)C(=O)O. The second kappa shape index (κ2) is 15.5. The zero-order chi connectivity index (χ0) is 28.0. The van der Waals surface area contributed by atoms with Crippen LogP contribution < -0.4 is 33.2 Å². The lowest BCUT2D eigenvalue weighted by Crippen LogP contribution is -2.55. The van der Waals surface area contributed by atoms with Gasteiger partial charge in [0.15, 0.2) is 5.96 Å². The molecule has 15 nitrogen and oxygen atoms in total. The van der Waals surface area contributed by atoms with Crippen LogP contribution in [0.3, 0.4) is 0 Å². The van der Waals surface area contributed by atoms with Crippen molar-refractivity contribution in [3.8, 4) is 0 Å². The van der Waals surface area contributed by atoms with Gasteiger partial charge in [-0.3, -0.25) is 24.2 Å². The van der Waals surface area contributed by atoms with Gasteiger partial charge in [0.1, 0.15) is 18.4 Å². The normalized spacial score (nSPS) is 13.6. The molecule has 1 unspecified atom stereocenters. The van der Waals surface area contributed by atoms with Crippen LogP contribution in [0.15, 0.2) is 35.3 Å². The molecule has 0 aliphatic heterocycles. The molecule has 0 radical (unpaired) electrons. The molecule has 1 aromatic carbocycles. The predicted octanol–water partition coefficient (Wildman–Crippen LogP) is -3.32. The number of aliphatic carboxylic acids is 2. The molecule has 4 atom stereocenters. The second-order valence-corrected chi connectivity index (χ2v) is 7.95. The predicted molar refractivity (Wildman–Crippen MR) is 130 cm³/mol. The van der Waals surface area contributed by atoms with Gasteiger partial charge in [-0.05, 0) is 12.0 Å². The summed E-state index contributed by atoms with van der Waals surface area (Å²) in [4.78, 5) is 74.9. The minimum absolute atomic E-state index is 0.0425. The van der Waals surface area contributed by atoms with Crippen molar-refractivity contribution in [2.45, 2.75) is 37.4 Å². The average Bonchev–Trinajstić information content (AvgIpc) is 2.84. The summed E-state index contributed by atoms with van der Waals surface area (Å²) in [5, 5.41) is 25.1. The van der Waals surface area contributed by atoms with Gasteiger partial charge in [0, 0.05) is 18.9 Å². The third-order valence-electron chi connectivity index (χ3n) is 5.05. The standard InChI is InChI=1S/C22H31N7O8/c23-18(13(11-30)6-7-26-22(24)25)20(35)27-10-16(31)28-14(9-17(32)33)19(34)29-15(21(36)37)8-12-4-2-1-3-5-12/h1-5,11,13-15,18H,6-10,23H2,(H,27,35)(H,28,31)(H,29,34)(H,32,33)(H,36,37)(H4,24,25,26)/t13?,14-,15-,18-/m0/s1. The fourth-order valence-electron chi connectivity index (χ4n) is 3.11. The van der Waals surface area contributed by atoms with Gasteiger partial charge in [-0.1, -0.05) is 30.3 Å². The molecule has 15 heteroatoms. The summed E-state index contributed by atoms with van der Waals surface area (Å²) in [6.45, 7) is -0.650. The Morgan fingerprint density at radius 2 is 1.62 bits per heavy atom. The Morgan fingerprint density at radius 3 is 2.16 bits per heavy atom. The first-order valence-electron chi connectivity index (χ1n) is 11.1.